The Hall–Kier alpha value is -2.05. The summed E-state index contributed by atoms with van der Waals surface area (Å²) >= 11 is 7.60. The van der Waals surface area contributed by atoms with Crippen LogP contribution in [0.2, 0.25) is 5.02 Å². The molecule has 1 fully saturated rings. The monoisotopic (exact) mass is 375 g/mol. The summed E-state index contributed by atoms with van der Waals surface area (Å²) in [6.07, 6.45) is 5.54. The maximum absolute atomic E-state index is 12.6. The Balaban J connectivity index is 1.82. The molecule has 130 valence electrons. The average Bonchev–Trinajstić information content (AvgIpc) is 3.17. The molecule has 0 atom stereocenters. The molecule has 0 spiro atoms. The number of anilines is 1. The summed E-state index contributed by atoms with van der Waals surface area (Å²) in [5.74, 6) is -0.357. The average molecular weight is 376 g/mol. The van der Waals surface area contributed by atoms with Crippen molar-refractivity contribution in [3.8, 4) is 0 Å². The van der Waals surface area contributed by atoms with Gasteiger partial charge in [-0.1, -0.05) is 11.6 Å². The normalized spacial score (nSPS) is 13.8. The summed E-state index contributed by atoms with van der Waals surface area (Å²) in [7, 11) is 0. The van der Waals surface area contributed by atoms with Crippen molar-refractivity contribution in [1.82, 2.24) is 9.88 Å². The Labute approximate surface area is 155 Å². The van der Waals surface area contributed by atoms with Crippen molar-refractivity contribution in [2.75, 3.05) is 24.7 Å². The molecule has 1 N–H and O–H groups in total. The molecule has 7 heteroatoms. The minimum atomic E-state index is -0.264. The molecule has 2 aromatic rings. The van der Waals surface area contributed by atoms with Crippen LogP contribution in [0.25, 0.3) is 0 Å². The summed E-state index contributed by atoms with van der Waals surface area (Å²) < 4.78 is 0. The molecule has 0 radical (unpaired) electrons. The third-order valence-electron chi connectivity index (χ3n) is 4.06. The fraction of sp³-hybridized carbons (Fsp3) is 0.278. The van der Waals surface area contributed by atoms with Gasteiger partial charge in [0.15, 0.2) is 0 Å². The number of aromatic nitrogens is 1. The van der Waals surface area contributed by atoms with E-state index in [1.165, 1.54) is 11.8 Å². The first-order valence-electron chi connectivity index (χ1n) is 7.99. The van der Waals surface area contributed by atoms with Crippen molar-refractivity contribution in [2.45, 2.75) is 17.9 Å². The summed E-state index contributed by atoms with van der Waals surface area (Å²) in [5, 5.41) is 3.87. The third-order valence-corrected chi connectivity index (χ3v) is 5.10. The number of carbonyl (C=O) groups is 2. The quantitative estimate of drug-likeness (QED) is 0.822. The number of thioether (sulfide) groups is 1. The van der Waals surface area contributed by atoms with E-state index in [0.29, 0.717) is 26.9 Å². The van der Waals surface area contributed by atoms with Crippen LogP contribution in [0.5, 0.6) is 0 Å². The van der Waals surface area contributed by atoms with Crippen LogP contribution in [0.15, 0.2) is 41.6 Å². The lowest BCUT2D eigenvalue weighted by atomic mass is 10.1. The molecular formula is C18H18ClN3O2S. The zero-order chi connectivity index (χ0) is 17.8. The van der Waals surface area contributed by atoms with E-state index in [0.717, 1.165) is 25.9 Å². The van der Waals surface area contributed by atoms with Crippen LogP contribution in [0.3, 0.4) is 0 Å². The Morgan fingerprint density at radius 2 is 1.96 bits per heavy atom. The van der Waals surface area contributed by atoms with Gasteiger partial charge in [-0.2, -0.15) is 0 Å². The van der Waals surface area contributed by atoms with E-state index in [9.17, 15) is 9.59 Å². The number of rotatable bonds is 4. The minimum absolute atomic E-state index is 0.0928. The third kappa shape index (κ3) is 3.96. The van der Waals surface area contributed by atoms with Crippen LogP contribution in [0.1, 0.15) is 33.6 Å². The lowest BCUT2D eigenvalue weighted by Gasteiger charge is -2.17. The van der Waals surface area contributed by atoms with Crippen molar-refractivity contribution < 1.29 is 9.59 Å². The number of hydrogen-bond acceptors (Lipinski definition) is 4. The SMILES string of the molecule is CSc1ncccc1C(=O)Nc1ccc(Cl)c(C(=O)N2CCCC2)c1. The predicted molar refractivity (Wildman–Crippen MR) is 101 cm³/mol. The van der Waals surface area contributed by atoms with Crippen LogP contribution in [0, 0.1) is 0 Å². The highest BCUT2D eigenvalue weighted by molar-refractivity contribution is 7.98. The predicted octanol–water partition coefficient (Wildman–Crippen LogP) is 3.95. The van der Waals surface area contributed by atoms with E-state index in [-0.39, 0.29) is 11.8 Å². The molecular weight excluding hydrogens is 358 g/mol. The molecule has 5 nitrogen and oxygen atoms in total. The number of pyridine rings is 1. The van der Waals surface area contributed by atoms with E-state index >= 15 is 0 Å². The Morgan fingerprint density at radius 1 is 1.20 bits per heavy atom. The number of nitrogens with zero attached hydrogens (tertiary/aromatic N) is 2. The Bertz CT molecular complexity index is 807. The minimum Gasteiger partial charge on any atom is -0.339 e. The molecule has 1 saturated heterocycles. The highest BCUT2D eigenvalue weighted by Gasteiger charge is 2.22. The van der Waals surface area contributed by atoms with Gasteiger partial charge in [0.1, 0.15) is 5.03 Å². The molecule has 0 bridgehead atoms. The van der Waals surface area contributed by atoms with Crippen molar-refractivity contribution in [2.24, 2.45) is 0 Å². The molecule has 1 aromatic heterocycles. The van der Waals surface area contributed by atoms with Gasteiger partial charge in [0.25, 0.3) is 11.8 Å². The largest absolute Gasteiger partial charge is 0.339 e. The maximum Gasteiger partial charge on any atom is 0.258 e. The molecule has 3 rings (SSSR count). The smallest absolute Gasteiger partial charge is 0.258 e. The number of amides is 2. The van der Waals surface area contributed by atoms with Gasteiger partial charge in [-0.25, -0.2) is 4.98 Å². The number of hydrogen-bond donors (Lipinski definition) is 1. The van der Waals surface area contributed by atoms with Gasteiger partial charge in [0, 0.05) is 25.0 Å². The first kappa shape index (κ1) is 17.8. The number of likely N-dealkylation sites (tertiary alicyclic amines) is 1. The zero-order valence-electron chi connectivity index (χ0n) is 13.8. The second-order valence-electron chi connectivity index (χ2n) is 5.71. The molecule has 2 amide bonds. The number of carbonyl (C=O) groups excluding carboxylic acids is 2. The van der Waals surface area contributed by atoms with Crippen LogP contribution in [-0.2, 0) is 0 Å². The first-order valence-corrected chi connectivity index (χ1v) is 9.59. The Morgan fingerprint density at radius 3 is 2.68 bits per heavy atom. The fourth-order valence-electron chi connectivity index (χ4n) is 2.78. The topological polar surface area (TPSA) is 62.3 Å². The van der Waals surface area contributed by atoms with Gasteiger partial charge in [-0.15, -0.1) is 11.8 Å². The zero-order valence-corrected chi connectivity index (χ0v) is 15.4. The first-order chi connectivity index (χ1) is 12.1. The van der Waals surface area contributed by atoms with E-state index in [1.54, 1.807) is 41.4 Å². The van der Waals surface area contributed by atoms with Crippen molar-refractivity contribution in [3.05, 3.63) is 52.7 Å². The lowest BCUT2D eigenvalue weighted by molar-refractivity contribution is 0.0792. The number of nitrogens with one attached hydrogen (secondary N) is 1. The summed E-state index contributed by atoms with van der Waals surface area (Å²) in [6, 6.07) is 8.41. The van der Waals surface area contributed by atoms with Gasteiger partial charge in [0.2, 0.25) is 0 Å². The number of benzene rings is 1. The molecule has 2 heterocycles. The fourth-order valence-corrected chi connectivity index (χ4v) is 3.53. The van der Waals surface area contributed by atoms with Gasteiger partial charge < -0.3 is 10.2 Å². The van der Waals surface area contributed by atoms with E-state index in [4.69, 9.17) is 11.6 Å². The van der Waals surface area contributed by atoms with Crippen LogP contribution >= 0.6 is 23.4 Å². The number of halogens is 1. The highest BCUT2D eigenvalue weighted by atomic mass is 35.5. The Kier molecular flexibility index (Phi) is 5.60. The highest BCUT2D eigenvalue weighted by Crippen LogP contribution is 2.25. The summed E-state index contributed by atoms with van der Waals surface area (Å²) in [4.78, 5) is 31.1. The molecule has 1 aliphatic heterocycles. The molecule has 0 aliphatic carbocycles. The van der Waals surface area contributed by atoms with Gasteiger partial charge in [-0.05, 0) is 49.4 Å². The van der Waals surface area contributed by atoms with Gasteiger partial charge >= 0.3 is 0 Å². The van der Waals surface area contributed by atoms with E-state index in [1.807, 2.05) is 6.26 Å². The standard InChI is InChI=1S/C18H18ClN3O2S/c1-25-17-13(5-4-8-20-17)16(23)21-12-6-7-15(19)14(11-12)18(24)22-9-2-3-10-22/h4-8,11H,2-3,9-10H2,1H3,(H,21,23). The second kappa shape index (κ2) is 7.89. The lowest BCUT2D eigenvalue weighted by Crippen LogP contribution is -2.28. The van der Waals surface area contributed by atoms with Crippen LogP contribution < -0.4 is 5.32 Å². The molecule has 25 heavy (non-hydrogen) atoms. The second-order valence-corrected chi connectivity index (χ2v) is 6.91. The van der Waals surface area contributed by atoms with Crippen molar-refractivity contribution in [1.29, 1.82) is 0 Å². The summed E-state index contributed by atoms with van der Waals surface area (Å²) in [6.45, 7) is 1.50. The van der Waals surface area contributed by atoms with Crippen molar-refractivity contribution >= 4 is 40.9 Å². The van der Waals surface area contributed by atoms with E-state index < -0.39 is 0 Å². The molecule has 1 aliphatic rings. The maximum atomic E-state index is 12.6. The van der Waals surface area contributed by atoms with E-state index in [2.05, 4.69) is 10.3 Å². The molecule has 0 saturated carbocycles. The summed E-state index contributed by atoms with van der Waals surface area (Å²) in [5.41, 5.74) is 1.45. The van der Waals surface area contributed by atoms with Gasteiger partial charge in [-0.3, -0.25) is 9.59 Å². The van der Waals surface area contributed by atoms with Gasteiger partial charge in [0.05, 0.1) is 16.1 Å². The molecule has 1 aromatic carbocycles. The molecule has 0 unspecified atom stereocenters. The van der Waals surface area contributed by atoms with Crippen LogP contribution in [-0.4, -0.2) is 41.0 Å². The van der Waals surface area contributed by atoms with Crippen LogP contribution in [0.4, 0.5) is 5.69 Å². The van der Waals surface area contributed by atoms with Crippen molar-refractivity contribution in [3.63, 3.8) is 0 Å².